The molecular weight excluding hydrogens is 402 g/mol. The highest BCUT2D eigenvalue weighted by Gasteiger charge is 2.17. The van der Waals surface area contributed by atoms with Crippen molar-refractivity contribution in [2.75, 3.05) is 30.0 Å². The summed E-state index contributed by atoms with van der Waals surface area (Å²) in [4.78, 5) is 29.8. The topological polar surface area (TPSA) is 80.8 Å². The molecule has 0 aliphatic carbocycles. The van der Waals surface area contributed by atoms with Crippen LogP contribution in [0.4, 0.5) is 15.6 Å². The fraction of sp³-hybridized carbons (Fsp3) is 0.421. The van der Waals surface area contributed by atoms with E-state index in [1.807, 2.05) is 0 Å². The number of halogens is 1. The van der Waals surface area contributed by atoms with Crippen molar-refractivity contribution in [1.29, 1.82) is 0 Å². The van der Waals surface area contributed by atoms with Crippen LogP contribution in [0.25, 0.3) is 0 Å². The van der Waals surface area contributed by atoms with Crippen molar-refractivity contribution in [1.82, 2.24) is 4.98 Å². The Bertz CT molecular complexity index is 767. The van der Waals surface area contributed by atoms with Crippen molar-refractivity contribution < 1.29 is 19.1 Å². The zero-order chi connectivity index (χ0) is 20.4. The predicted molar refractivity (Wildman–Crippen MR) is 112 cm³/mol. The van der Waals surface area contributed by atoms with Crippen LogP contribution in [0, 0.1) is 0 Å². The number of urea groups is 1. The molecule has 9 heteroatoms. The van der Waals surface area contributed by atoms with E-state index < -0.39 is 5.97 Å². The third kappa shape index (κ3) is 7.01. The average Bonchev–Trinajstić information content (AvgIpc) is 3.09. The molecule has 0 saturated carbocycles. The number of carbonyl (C=O) groups excluding carboxylic acids is 2. The first-order valence-corrected chi connectivity index (χ1v) is 10.3. The smallest absolute Gasteiger partial charge is 0.344 e. The van der Waals surface area contributed by atoms with E-state index in [4.69, 9.17) is 21.1 Å². The maximum absolute atomic E-state index is 12.7. The fourth-order valence-corrected chi connectivity index (χ4v) is 3.21. The molecule has 2 amide bonds. The van der Waals surface area contributed by atoms with Crippen LogP contribution < -0.4 is 15.0 Å². The lowest BCUT2D eigenvalue weighted by Crippen LogP contribution is -2.35. The van der Waals surface area contributed by atoms with Gasteiger partial charge in [0.05, 0.1) is 12.8 Å². The molecule has 1 aromatic carbocycles. The van der Waals surface area contributed by atoms with Crippen LogP contribution in [0.3, 0.4) is 0 Å². The Labute approximate surface area is 173 Å². The monoisotopic (exact) mass is 425 g/mol. The number of carbonyl (C=O) groups is 2. The zero-order valence-electron chi connectivity index (χ0n) is 15.9. The number of aromatic nitrogens is 1. The van der Waals surface area contributed by atoms with Gasteiger partial charge in [-0.2, -0.15) is 0 Å². The third-order valence-electron chi connectivity index (χ3n) is 3.73. The fourth-order valence-electron chi connectivity index (χ4n) is 2.41. The van der Waals surface area contributed by atoms with E-state index in [9.17, 15) is 9.59 Å². The zero-order valence-corrected chi connectivity index (χ0v) is 17.5. The molecule has 1 heterocycles. The number of nitrogens with zero attached hydrogens (tertiary/aromatic N) is 2. The molecule has 1 N–H and O–H groups in total. The molecule has 0 saturated heterocycles. The van der Waals surface area contributed by atoms with Gasteiger partial charge in [0.15, 0.2) is 11.7 Å². The Morgan fingerprint density at radius 1 is 1.21 bits per heavy atom. The number of esters is 1. The Balaban J connectivity index is 2.04. The molecule has 2 aromatic rings. The maximum Gasteiger partial charge on any atom is 0.344 e. The summed E-state index contributed by atoms with van der Waals surface area (Å²) in [6.07, 6.45) is 4.45. The quantitative estimate of drug-likeness (QED) is 0.429. The summed E-state index contributed by atoms with van der Waals surface area (Å²) >= 11 is 7.08. The highest BCUT2D eigenvalue weighted by atomic mass is 35.5. The summed E-state index contributed by atoms with van der Waals surface area (Å²) in [6, 6.07) is 6.72. The Morgan fingerprint density at radius 3 is 2.57 bits per heavy atom. The van der Waals surface area contributed by atoms with Gasteiger partial charge in [-0.15, -0.1) is 0 Å². The molecule has 28 heavy (non-hydrogen) atoms. The lowest BCUT2D eigenvalue weighted by atomic mass is 10.2. The second kappa shape index (κ2) is 11.5. The molecule has 1 aromatic heterocycles. The van der Waals surface area contributed by atoms with Crippen molar-refractivity contribution in [3.8, 4) is 5.75 Å². The van der Waals surface area contributed by atoms with E-state index in [1.54, 1.807) is 36.1 Å². The number of unbranched alkanes of at least 4 members (excludes halogenated alkanes) is 2. The summed E-state index contributed by atoms with van der Waals surface area (Å²) < 4.78 is 10.7. The van der Waals surface area contributed by atoms with Gasteiger partial charge in [-0.3, -0.25) is 10.2 Å². The summed E-state index contributed by atoms with van der Waals surface area (Å²) in [7, 11) is 0. The minimum atomic E-state index is -0.422. The van der Waals surface area contributed by atoms with Gasteiger partial charge in [0, 0.05) is 12.2 Å². The van der Waals surface area contributed by atoms with Crippen molar-refractivity contribution in [2.24, 2.45) is 0 Å². The Hall–Kier alpha value is -2.32. The van der Waals surface area contributed by atoms with Gasteiger partial charge < -0.3 is 9.47 Å². The van der Waals surface area contributed by atoms with E-state index in [-0.39, 0.29) is 12.6 Å². The van der Waals surface area contributed by atoms with E-state index in [1.165, 1.54) is 17.5 Å². The number of hydrogen-bond acceptors (Lipinski definition) is 6. The van der Waals surface area contributed by atoms with Crippen molar-refractivity contribution in [2.45, 2.75) is 33.1 Å². The molecule has 0 fully saturated rings. The molecular formula is C19H24ClN3O4S. The molecule has 152 valence electrons. The summed E-state index contributed by atoms with van der Waals surface area (Å²) in [5.41, 5.74) is 0.722. The van der Waals surface area contributed by atoms with Crippen LogP contribution in [0.15, 0.2) is 30.5 Å². The first-order chi connectivity index (χ1) is 13.5. The standard InChI is InChI=1S/C19H24ClN3O4S/c1-3-5-6-11-23(19(25)22-18-21-12-16(20)28-18)14-7-9-15(10-8-14)27-13-17(24)26-4-2/h7-10,12H,3-6,11,13H2,1-2H3,(H,21,22,25). The predicted octanol–water partition coefficient (Wildman–Crippen LogP) is 4.97. The Kier molecular flexibility index (Phi) is 9.03. The molecule has 2 rings (SSSR count). The number of thiazole rings is 1. The number of hydrogen-bond donors (Lipinski definition) is 1. The Morgan fingerprint density at radius 2 is 1.96 bits per heavy atom. The van der Waals surface area contributed by atoms with E-state index >= 15 is 0 Å². The minimum Gasteiger partial charge on any atom is -0.482 e. The lowest BCUT2D eigenvalue weighted by Gasteiger charge is -2.23. The maximum atomic E-state index is 12.7. The van der Waals surface area contributed by atoms with E-state index in [0.29, 0.717) is 28.4 Å². The molecule has 0 aliphatic rings. The SMILES string of the molecule is CCCCCN(C(=O)Nc1ncc(Cl)s1)c1ccc(OCC(=O)OCC)cc1. The molecule has 0 radical (unpaired) electrons. The highest BCUT2D eigenvalue weighted by molar-refractivity contribution is 7.19. The second-order valence-corrected chi connectivity index (χ2v) is 7.51. The van der Waals surface area contributed by atoms with Gasteiger partial charge in [-0.25, -0.2) is 14.6 Å². The number of ether oxygens (including phenoxy) is 2. The lowest BCUT2D eigenvalue weighted by molar-refractivity contribution is -0.145. The molecule has 0 aliphatic heterocycles. The minimum absolute atomic E-state index is 0.154. The van der Waals surface area contributed by atoms with Crippen LogP contribution in [-0.2, 0) is 9.53 Å². The number of nitrogens with one attached hydrogen (secondary N) is 1. The summed E-state index contributed by atoms with van der Waals surface area (Å²) in [5.74, 6) is 0.103. The summed E-state index contributed by atoms with van der Waals surface area (Å²) in [6.45, 7) is 4.58. The van der Waals surface area contributed by atoms with Crippen LogP contribution in [0.2, 0.25) is 4.34 Å². The van der Waals surface area contributed by atoms with Crippen molar-refractivity contribution in [3.05, 3.63) is 34.8 Å². The van der Waals surface area contributed by atoms with E-state index in [2.05, 4.69) is 17.2 Å². The van der Waals surface area contributed by atoms with Gasteiger partial charge in [0.2, 0.25) is 0 Å². The molecule has 7 nitrogen and oxygen atoms in total. The number of anilines is 2. The highest BCUT2D eigenvalue weighted by Crippen LogP contribution is 2.25. The molecule has 0 atom stereocenters. The third-order valence-corrected chi connectivity index (χ3v) is 4.76. The normalized spacial score (nSPS) is 10.4. The number of amides is 2. The second-order valence-electron chi connectivity index (χ2n) is 5.85. The van der Waals surface area contributed by atoms with Gasteiger partial charge in [0.1, 0.15) is 10.1 Å². The first-order valence-electron chi connectivity index (χ1n) is 9.11. The van der Waals surface area contributed by atoms with Gasteiger partial charge in [-0.05, 0) is 37.6 Å². The molecule has 0 bridgehead atoms. The van der Waals surface area contributed by atoms with Crippen LogP contribution >= 0.6 is 22.9 Å². The number of rotatable bonds is 10. The molecule has 0 unspecified atom stereocenters. The van der Waals surface area contributed by atoms with Crippen LogP contribution in [0.5, 0.6) is 5.75 Å². The van der Waals surface area contributed by atoms with Crippen LogP contribution in [0.1, 0.15) is 33.1 Å². The first kappa shape index (κ1) is 22.0. The number of benzene rings is 1. The molecule has 0 spiro atoms. The summed E-state index contributed by atoms with van der Waals surface area (Å²) in [5, 5.41) is 3.22. The van der Waals surface area contributed by atoms with E-state index in [0.717, 1.165) is 24.9 Å². The average molecular weight is 426 g/mol. The van der Waals surface area contributed by atoms with Gasteiger partial charge in [0.25, 0.3) is 0 Å². The van der Waals surface area contributed by atoms with Gasteiger partial charge in [-0.1, -0.05) is 42.7 Å². The van der Waals surface area contributed by atoms with Crippen molar-refractivity contribution >= 4 is 45.8 Å². The largest absolute Gasteiger partial charge is 0.482 e. The van der Waals surface area contributed by atoms with Gasteiger partial charge >= 0.3 is 12.0 Å². The van der Waals surface area contributed by atoms with Crippen LogP contribution in [-0.4, -0.2) is 36.7 Å². The van der Waals surface area contributed by atoms with Crippen molar-refractivity contribution in [3.63, 3.8) is 0 Å².